The van der Waals surface area contributed by atoms with Gasteiger partial charge < -0.3 is 20.3 Å². The highest BCUT2D eigenvalue weighted by molar-refractivity contribution is 5.98. The number of carbonyl (C=O) groups is 3. The summed E-state index contributed by atoms with van der Waals surface area (Å²) < 4.78 is 60.9. The number of anilines is 2. The van der Waals surface area contributed by atoms with Gasteiger partial charge in [-0.15, -0.1) is 0 Å². The molecule has 1 heterocycles. The van der Waals surface area contributed by atoms with Gasteiger partial charge in [0.2, 0.25) is 5.91 Å². The molecule has 45 heavy (non-hydrogen) atoms. The first-order valence-corrected chi connectivity index (χ1v) is 15.0. The van der Waals surface area contributed by atoms with Gasteiger partial charge in [-0.05, 0) is 80.1 Å². The molecule has 2 aliphatic rings. The van der Waals surface area contributed by atoms with Crippen LogP contribution in [0.3, 0.4) is 0 Å². The van der Waals surface area contributed by atoms with Gasteiger partial charge in [0.15, 0.2) is 0 Å². The Balaban J connectivity index is 1.49. The first-order chi connectivity index (χ1) is 21.5. The largest absolute Gasteiger partial charge is 0.465 e. The van der Waals surface area contributed by atoms with E-state index < -0.39 is 52.9 Å². The molecule has 1 saturated heterocycles. The summed E-state index contributed by atoms with van der Waals surface area (Å²) >= 11 is 0. The van der Waals surface area contributed by atoms with Crippen molar-refractivity contribution in [3.8, 4) is 0 Å². The van der Waals surface area contributed by atoms with Crippen LogP contribution in [0.5, 0.6) is 0 Å². The van der Waals surface area contributed by atoms with Crippen molar-refractivity contribution < 1.29 is 36.7 Å². The van der Waals surface area contributed by atoms with E-state index in [9.17, 15) is 31.9 Å². The van der Waals surface area contributed by atoms with Gasteiger partial charge in [-0.25, -0.2) is 9.18 Å². The number of hydrogen-bond donors (Lipinski definition) is 2. The van der Waals surface area contributed by atoms with Crippen molar-refractivity contribution in [3.63, 3.8) is 0 Å². The van der Waals surface area contributed by atoms with Gasteiger partial charge in [-0.1, -0.05) is 37.1 Å². The third kappa shape index (κ3) is 6.97. The van der Waals surface area contributed by atoms with Crippen LogP contribution in [-0.2, 0) is 15.7 Å². The Hall–Kier alpha value is -4.41. The lowest BCUT2D eigenvalue weighted by atomic mass is 9.83. The average Bonchev–Trinajstić information content (AvgIpc) is 3.53. The van der Waals surface area contributed by atoms with Gasteiger partial charge in [0.05, 0.1) is 35.8 Å². The minimum atomic E-state index is -4.88. The van der Waals surface area contributed by atoms with E-state index in [0.29, 0.717) is 36.1 Å². The van der Waals surface area contributed by atoms with E-state index >= 15 is 0 Å². The highest BCUT2D eigenvalue weighted by atomic mass is 19.4. The molecule has 2 atom stereocenters. The average molecular weight is 626 g/mol. The van der Waals surface area contributed by atoms with Gasteiger partial charge in [-0.3, -0.25) is 9.59 Å². The van der Waals surface area contributed by atoms with Crippen molar-refractivity contribution in [1.82, 2.24) is 4.90 Å². The number of ether oxygens (including phenoxy) is 1. The monoisotopic (exact) mass is 625 g/mol. The molecule has 7 nitrogen and oxygen atoms in total. The number of hydrogen-bond acceptors (Lipinski definition) is 5. The summed E-state index contributed by atoms with van der Waals surface area (Å²) in [4.78, 5) is 41.2. The number of likely N-dealkylation sites (tertiary alicyclic amines) is 1. The van der Waals surface area contributed by atoms with Crippen LogP contribution in [0, 0.1) is 18.7 Å². The lowest BCUT2D eigenvalue weighted by Crippen LogP contribution is -2.46. The molecule has 238 valence electrons. The van der Waals surface area contributed by atoms with Crippen LogP contribution in [0.4, 0.5) is 28.9 Å². The van der Waals surface area contributed by atoms with Crippen LogP contribution < -0.4 is 10.6 Å². The number of nitrogens with one attached hydrogen (secondary N) is 2. The van der Waals surface area contributed by atoms with E-state index in [1.165, 1.54) is 23.1 Å². The molecule has 2 amide bonds. The molecule has 0 aromatic heterocycles. The topological polar surface area (TPSA) is 87.7 Å². The second-order valence-corrected chi connectivity index (χ2v) is 11.6. The van der Waals surface area contributed by atoms with Crippen LogP contribution in [-0.4, -0.2) is 42.4 Å². The molecule has 0 bridgehead atoms. The molecule has 0 spiro atoms. The van der Waals surface area contributed by atoms with Gasteiger partial charge in [0, 0.05) is 24.0 Å². The Bertz CT molecular complexity index is 1550. The third-order valence-corrected chi connectivity index (χ3v) is 8.64. The maximum atomic E-state index is 15.0. The number of rotatable bonds is 7. The van der Waals surface area contributed by atoms with E-state index in [-0.39, 0.29) is 17.8 Å². The molecule has 0 unspecified atom stereocenters. The maximum Gasteiger partial charge on any atom is 0.417 e. The van der Waals surface area contributed by atoms with Crippen LogP contribution in [0.25, 0.3) is 0 Å². The lowest BCUT2D eigenvalue weighted by molar-refractivity contribution is -0.138. The predicted molar refractivity (Wildman–Crippen MR) is 161 cm³/mol. The van der Waals surface area contributed by atoms with Crippen molar-refractivity contribution in [2.75, 3.05) is 24.3 Å². The summed E-state index contributed by atoms with van der Waals surface area (Å²) in [6, 6.07) is 14.2. The molecule has 1 saturated carbocycles. The Morgan fingerprint density at radius 3 is 2.24 bits per heavy atom. The molecule has 3 aromatic rings. The summed E-state index contributed by atoms with van der Waals surface area (Å²) in [7, 11) is 0.981. The summed E-state index contributed by atoms with van der Waals surface area (Å²) in [5.41, 5.74) is -0.181. The highest BCUT2D eigenvalue weighted by Gasteiger charge is 2.41. The van der Waals surface area contributed by atoms with E-state index in [2.05, 4.69) is 15.4 Å². The van der Waals surface area contributed by atoms with Crippen LogP contribution in [0.1, 0.15) is 82.0 Å². The van der Waals surface area contributed by atoms with E-state index in [4.69, 9.17) is 0 Å². The molecular formula is C34H35F4N3O4. The summed E-state index contributed by atoms with van der Waals surface area (Å²) in [5, 5.41) is 6.09. The van der Waals surface area contributed by atoms with Gasteiger partial charge in [0.25, 0.3) is 5.91 Å². The molecule has 11 heteroatoms. The highest BCUT2D eigenvalue weighted by Crippen LogP contribution is 2.40. The molecule has 1 aliphatic heterocycles. The van der Waals surface area contributed by atoms with Gasteiger partial charge in [-0.2, -0.15) is 13.2 Å². The number of benzene rings is 3. The van der Waals surface area contributed by atoms with Crippen molar-refractivity contribution in [3.05, 3.63) is 94.3 Å². The number of aryl methyl sites for hydroxylation is 1. The van der Waals surface area contributed by atoms with Crippen LogP contribution in [0.2, 0.25) is 0 Å². The minimum absolute atomic E-state index is 0.0868. The fraction of sp³-hybridized carbons (Fsp3) is 0.382. The predicted octanol–water partition coefficient (Wildman–Crippen LogP) is 7.53. The molecular weight excluding hydrogens is 590 g/mol. The number of halogens is 4. The smallest absolute Gasteiger partial charge is 0.417 e. The Kier molecular flexibility index (Phi) is 9.45. The zero-order valence-electron chi connectivity index (χ0n) is 25.0. The van der Waals surface area contributed by atoms with E-state index in [1.54, 1.807) is 13.0 Å². The molecule has 1 aliphatic carbocycles. The number of alkyl halides is 3. The van der Waals surface area contributed by atoms with Crippen LogP contribution in [0.15, 0.2) is 60.7 Å². The van der Waals surface area contributed by atoms with E-state index in [1.807, 2.05) is 24.3 Å². The summed E-state index contributed by atoms with van der Waals surface area (Å²) in [5.74, 6) is -3.86. The van der Waals surface area contributed by atoms with Crippen molar-refractivity contribution in [2.24, 2.45) is 5.92 Å². The number of carbonyl (C=O) groups excluding carboxylic acids is 3. The standard InChI is InChI=1S/C34H35F4N3O4/c1-20-7-5-11-28(35)29(20)32(43)41-18-6-10-26(30(41)21-12-14-23(15-13-21)39-22-8-3-4-9-22)31(42)40-24-16-17-25(33(44)45-2)27(19-24)34(36,37)38/h5,7,11-17,19,22,26,30,39H,3-4,6,8-10,18H2,1-2H3,(H,40,42)/t26-,30-/m0/s1. The zero-order valence-corrected chi connectivity index (χ0v) is 25.0. The first kappa shape index (κ1) is 32.0. The van der Waals surface area contributed by atoms with E-state index in [0.717, 1.165) is 44.5 Å². The van der Waals surface area contributed by atoms with Crippen molar-refractivity contribution in [1.29, 1.82) is 0 Å². The first-order valence-electron chi connectivity index (χ1n) is 15.0. The lowest BCUT2D eigenvalue weighted by Gasteiger charge is -2.41. The van der Waals surface area contributed by atoms with Gasteiger partial charge in [0.1, 0.15) is 5.82 Å². The third-order valence-electron chi connectivity index (χ3n) is 8.64. The SMILES string of the molecule is COC(=O)c1ccc(NC(=O)[C@H]2CCCN(C(=O)c3c(C)cccc3F)[C@H]2c2ccc(NC3CCCC3)cc2)cc1C(F)(F)F. The number of piperidine rings is 1. The van der Waals surface area contributed by atoms with Crippen LogP contribution >= 0.6 is 0 Å². The Labute approximate surface area is 258 Å². The molecule has 0 radical (unpaired) electrons. The molecule has 5 rings (SSSR count). The number of methoxy groups -OCH3 is 1. The number of nitrogens with zero attached hydrogens (tertiary/aromatic N) is 1. The van der Waals surface area contributed by atoms with Crippen molar-refractivity contribution in [2.45, 2.75) is 63.7 Å². The number of amides is 2. The Morgan fingerprint density at radius 1 is 0.911 bits per heavy atom. The van der Waals surface area contributed by atoms with Gasteiger partial charge >= 0.3 is 12.1 Å². The fourth-order valence-electron chi connectivity index (χ4n) is 6.42. The Morgan fingerprint density at radius 2 is 1.60 bits per heavy atom. The molecule has 3 aromatic carbocycles. The number of esters is 1. The zero-order chi connectivity index (χ0) is 32.3. The van der Waals surface area contributed by atoms with Crippen molar-refractivity contribution >= 4 is 29.2 Å². The quantitative estimate of drug-likeness (QED) is 0.209. The maximum absolute atomic E-state index is 15.0. The minimum Gasteiger partial charge on any atom is -0.465 e. The fourth-order valence-corrected chi connectivity index (χ4v) is 6.42. The molecule has 2 fully saturated rings. The normalized spacial score (nSPS) is 18.8. The summed E-state index contributed by atoms with van der Waals surface area (Å²) in [6.45, 7) is 1.90. The summed E-state index contributed by atoms with van der Waals surface area (Å²) in [6.07, 6.45) is 0.358. The molecule has 2 N–H and O–H groups in total. The second-order valence-electron chi connectivity index (χ2n) is 11.6. The second kappa shape index (κ2) is 13.3.